The number of likely N-dealkylation sites (tertiary alicyclic amines) is 1. The maximum atomic E-state index is 14.2. The summed E-state index contributed by atoms with van der Waals surface area (Å²) in [7, 11) is -3.47. The zero-order valence-corrected chi connectivity index (χ0v) is 22.2. The molecule has 1 amide bonds. The van der Waals surface area contributed by atoms with Crippen LogP contribution >= 0.6 is 0 Å². The number of sulfone groups is 1. The Labute approximate surface area is 220 Å². The molecule has 0 spiro atoms. The number of carbonyl (C=O) groups excluding carboxylic acids is 1. The Kier molecular flexibility index (Phi) is 6.20. The molecular weight excluding hydrogens is 480 g/mol. The molecule has 5 nitrogen and oxygen atoms in total. The molecule has 192 valence electrons. The van der Waals surface area contributed by atoms with Gasteiger partial charge in [0, 0.05) is 31.2 Å². The molecule has 1 unspecified atom stereocenters. The van der Waals surface area contributed by atoms with Gasteiger partial charge in [-0.05, 0) is 59.7 Å². The van der Waals surface area contributed by atoms with Gasteiger partial charge in [-0.15, -0.1) is 0 Å². The molecule has 1 fully saturated rings. The first-order valence-corrected chi connectivity index (χ1v) is 15.1. The minimum Gasteiger partial charge on any atom is -0.330 e. The van der Waals surface area contributed by atoms with Gasteiger partial charge in [0.1, 0.15) is 4.75 Å². The fourth-order valence-electron chi connectivity index (χ4n) is 6.89. The quantitative estimate of drug-likeness (QED) is 0.412. The van der Waals surface area contributed by atoms with Crippen LogP contribution in [0.3, 0.4) is 0 Å². The van der Waals surface area contributed by atoms with Crippen LogP contribution in [0.2, 0.25) is 0 Å². The van der Waals surface area contributed by atoms with Gasteiger partial charge in [-0.2, -0.15) is 0 Å². The lowest BCUT2D eigenvalue weighted by molar-refractivity contribution is 0.0707. The smallest absolute Gasteiger partial charge is 0.254 e. The third-order valence-corrected chi connectivity index (χ3v) is 11.1. The molecular formula is C31H34N2O3S. The van der Waals surface area contributed by atoms with Crippen molar-refractivity contribution in [2.75, 3.05) is 25.4 Å². The molecule has 3 aromatic rings. The van der Waals surface area contributed by atoms with E-state index < -0.39 is 14.6 Å². The van der Waals surface area contributed by atoms with Gasteiger partial charge in [-0.1, -0.05) is 80.1 Å². The van der Waals surface area contributed by atoms with Crippen LogP contribution in [-0.4, -0.2) is 55.6 Å². The summed E-state index contributed by atoms with van der Waals surface area (Å²) < 4.78 is 27.5. The lowest BCUT2D eigenvalue weighted by Gasteiger charge is -2.32. The van der Waals surface area contributed by atoms with E-state index in [0.717, 1.165) is 65.9 Å². The molecule has 3 aromatic carbocycles. The van der Waals surface area contributed by atoms with Crippen molar-refractivity contribution in [2.24, 2.45) is 0 Å². The monoisotopic (exact) mass is 514 g/mol. The Balaban J connectivity index is 1.16. The van der Waals surface area contributed by atoms with Gasteiger partial charge < -0.3 is 9.80 Å². The van der Waals surface area contributed by atoms with E-state index in [2.05, 4.69) is 24.0 Å². The molecule has 0 saturated carbocycles. The van der Waals surface area contributed by atoms with E-state index in [1.54, 1.807) is 0 Å². The van der Waals surface area contributed by atoms with Crippen LogP contribution in [0.15, 0.2) is 72.8 Å². The standard InChI is InChI=1S/C31H34N2O3S/c1-2-17-31(28-14-7-5-12-26(28)27-13-6-8-15-29(27)31)37(35,36)20-9-18-32-19-16-24(22-32)33-21-23-10-3-4-11-25(23)30(33)34/h3-8,10-15,24H,2,9,16-22H2,1H3. The molecule has 1 aliphatic carbocycles. The highest BCUT2D eigenvalue weighted by Crippen LogP contribution is 2.54. The summed E-state index contributed by atoms with van der Waals surface area (Å²) in [6.45, 7) is 5.20. The minimum atomic E-state index is -3.47. The number of benzene rings is 3. The Morgan fingerprint density at radius 3 is 2.16 bits per heavy atom. The highest BCUT2D eigenvalue weighted by Gasteiger charge is 2.51. The maximum Gasteiger partial charge on any atom is 0.254 e. The topological polar surface area (TPSA) is 57.7 Å². The number of rotatable bonds is 8. The number of nitrogens with zero attached hydrogens (tertiary/aromatic N) is 2. The maximum absolute atomic E-state index is 14.2. The van der Waals surface area contributed by atoms with Crippen LogP contribution in [0.25, 0.3) is 11.1 Å². The lowest BCUT2D eigenvalue weighted by Crippen LogP contribution is -2.39. The number of carbonyl (C=O) groups is 1. The van der Waals surface area contributed by atoms with Crippen molar-refractivity contribution in [3.8, 4) is 11.1 Å². The summed E-state index contributed by atoms with van der Waals surface area (Å²) in [5, 5.41) is 0. The molecule has 3 aliphatic rings. The first kappa shape index (κ1) is 24.4. The van der Waals surface area contributed by atoms with Gasteiger partial charge in [-0.3, -0.25) is 4.79 Å². The van der Waals surface area contributed by atoms with Crippen LogP contribution in [-0.2, 0) is 21.1 Å². The molecule has 1 atom stereocenters. The highest BCUT2D eigenvalue weighted by molar-refractivity contribution is 7.92. The van der Waals surface area contributed by atoms with E-state index in [1.165, 1.54) is 0 Å². The van der Waals surface area contributed by atoms with Crippen molar-refractivity contribution in [2.45, 2.75) is 49.9 Å². The predicted octanol–water partition coefficient (Wildman–Crippen LogP) is 5.25. The van der Waals surface area contributed by atoms with Crippen LogP contribution in [0.4, 0.5) is 0 Å². The second kappa shape index (κ2) is 9.41. The third kappa shape index (κ3) is 3.84. The average molecular weight is 515 g/mol. The van der Waals surface area contributed by atoms with Crippen molar-refractivity contribution in [1.82, 2.24) is 9.80 Å². The Bertz CT molecular complexity index is 1400. The molecule has 0 aromatic heterocycles. The summed E-state index contributed by atoms with van der Waals surface area (Å²) in [6.07, 6.45) is 2.92. The van der Waals surface area contributed by atoms with E-state index in [1.807, 2.05) is 65.6 Å². The fraction of sp³-hybridized carbons (Fsp3) is 0.387. The van der Waals surface area contributed by atoms with Crippen LogP contribution in [0.1, 0.15) is 59.7 Å². The molecule has 1 saturated heterocycles. The summed E-state index contributed by atoms with van der Waals surface area (Å²) in [6, 6.07) is 24.1. The highest BCUT2D eigenvalue weighted by atomic mass is 32.2. The Morgan fingerprint density at radius 2 is 1.51 bits per heavy atom. The van der Waals surface area contributed by atoms with E-state index in [9.17, 15) is 13.2 Å². The van der Waals surface area contributed by atoms with Gasteiger partial charge in [0.2, 0.25) is 0 Å². The van der Waals surface area contributed by atoms with E-state index >= 15 is 0 Å². The average Bonchev–Trinajstić information content (AvgIpc) is 3.59. The summed E-state index contributed by atoms with van der Waals surface area (Å²) >= 11 is 0. The molecule has 2 aliphatic heterocycles. The Hall–Kier alpha value is -2.96. The summed E-state index contributed by atoms with van der Waals surface area (Å²) in [4.78, 5) is 17.2. The SMILES string of the molecule is CCCC1(S(=O)(=O)CCCN2CCC(N3Cc4ccccc4C3=O)C2)c2ccccc2-c2ccccc21. The predicted molar refractivity (Wildman–Crippen MR) is 147 cm³/mol. The lowest BCUT2D eigenvalue weighted by atomic mass is 9.91. The third-order valence-electron chi connectivity index (χ3n) is 8.57. The van der Waals surface area contributed by atoms with Crippen molar-refractivity contribution in [1.29, 1.82) is 0 Å². The number of amides is 1. The van der Waals surface area contributed by atoms with Gasteiger partial charge in [0.25, 0.3) is 5.91 Å². The second-order valence-electron chi connectivity index (χ2n) is 10.7. The molecule has 0 N–H and O–H groups in total. The van der Waals surface area contributed by atoms with Crippen molar-refractivity contribution < 1.29 is 13.2 Å². The second-order valence-corrected chi connectivity index (χ2v) is 13.0. The molecule has 0 bridgehead atoms. The summed E-state index contributed by atoms with van der Waals surface area (Å²) in [5.74, 6) is 0.287. The fourth-order valence-corrected chi connectivity index (χ4v) is 9.29. The van der Waals surface area contributed by atoms with Crippen molar-refractivity contribution in [3.05, 3.63) is 95.1 Å². The normalized spacial score (nSPS) is 20.2. The van der Waals surface area contributed by atoms with Crippen LogP contribution in [0.5, 0.6) is 0 Å². The summed E-state index contributed by atoms with van der Waals surface area (Å²) in [5.41, 5.74) is 5.90. The molecule has 37 heavy (non-hydrogen) atoms. The minimum absolute atomic E-state index is 0.130. The van der Waals surface area contributed by atoms with Crippen molar-refractivity contribution >= 4 is 15.7 Å². The molecule has 2 heterocycles. The van der Waals surface area contributed by atoms with Gasteiger partial charge in [0.05, 0.1) is 5.75 Å². The van der Waals surface area contributed by atoms with Crippen LogP contribution in [0, 0.1) is 0 Å². The number of hydrogen-bond donors (Lipinski definition) is 0. The van der Waals surface area contributed by atoms with E-state index in [4.69, 9.17) is 0 Å². The first-order valence-electron chi connectivity index (χ1n) is 13.5. The zero-order valence-electron chi connectivity index (χ0n) is 21.4. The molecule has 0 radical (unpaired) electrons. The first-order chi connectivity index (χ1) is 18.0. The molecule has 6 rings (SSSR count). The zero-order chi connectivity index (χ0) is 25.6. The largest absolute Gasteiger partial charge is 0.330 e. The van der Waals surface area contributed by atoms with Gasteiger partial charge >= 0.3 is 0 Å². The number of fused-ring (bicyclic) bond motifs is 4. The number of hydrogen-bond acceptors (Lipinski definition) is 4. The van der Waals surface area contributed by atoms with Crippen LogP contribution < -0.4 is 0 Å². The van der Waals surface area contributed by atoms with E-state index in [0.29, 0.717) is 19.4 Å². The molecule has 6 heteroatoms. The van der Waals surface area contributed by atoms with Gasteiger partial charge in [0.15, 0.2) is 9.84 Å². The van der Waals surface area contributed by atoms with E-state index in [-0.39, 0.29) is 17.7 Å². The van der Waals surface area contributed by atoms with Gasteiger partial charge in [-0.25, -0.2) is 8.42 Å². The van der Waals surface area contributed by atoms with Crippen molar-refractivity contribution in [3.63, 3.8) is 0 Å². The Morgan fingerprint density at radius 1 is 0.892 bits per heavy atom.